The average molecular weight is 197 g/mol. The highest BCUT2D eigenvalue weighted by Crippen LogP contribution is 2.12. The van der Waals surface area contributed by atoms with Crippen LogP contribution in [0.2, 0.25) is 0 Å². The smallest absolute Gasteiger partial charge is 0.0727 e. The van der Waals surface area contributed by atoms with Crippen LogP contribution in [0, 0.1) is 0 Å². The molecule has 0 aliphatic heterocycles. The van der Waals surface area contributed by atoms with E-state index < -0.39 is 16.8 Å². The second-order valence-electron chi connectivity index (χ2n) is 2.42. The van der Waals surface area contributed by atoms with Crippen LogP contribution in [0.1, 0.15) is 17.3 Å². The van der Waals surface area contributed by atoms with E-state index in [0.29, 0.717) is 10.6 Å². The minimum Gasteiger partial charge on any atom is -0.545 e. The molecular weight excluding hydrogens is 188 g/mol. The van der Waals surface area contributed by atoms with Crippen molar-refractivity contribution in [2.45, 2.75) is 11.8 Å². The molecule has 0 N–H and O–H groups in total. The zero-order valence-corrected chi connectivity index (χ0v) is 7.97. The Labute approximate surface area is 78.9 Å². The Kier molecular flexibility index (Phi) is 3.19. The third-order valence-electron chi connectivity index (χ3n) is 1.61. The second-order valence-corrected chi connectivity index (χ2v) is 4.13. The molecule has 0 amide bonds. The molecule has 13 heavy (non-hydrogen) atoms. The van der Waals surface area contributed by atoms with E-state index >= 15 is 0 Å². The molecule has 1 aromatic carbocycles. The Hall–Kier alpha value is -1.16. The molecule has 0 aromatic heterocycles. The van der Waals surface area contributed by atoms with Crippen LogP contribution in [-0.2, 0) is 10.8 Å². The van der Waals surface area contributed by atoms with E-state index in [1.165, 1.54) is 6.07 Å². The van der Waals surface area contributed by atoms with Gasteiger partial charge in [-0.2, -0.15) is 0 Å². The van der Waals surface area contributed by atoms with Crippen LogP contribution in [0.5, 0.6) is 0 Å². The Balaban J connectivity index is 3.19. The van der Waals surface area contributed by atoms with Gasteiger partial charge in [0.05, 0.1) is 16.8 Å². The maximum absolute atomic E-state index is 11.4. The maximum atomic E-state index is 11.4. The van der Waals surface area contributed by atoms with Crippen molar-refractivity contribution in [3.05, 3.63) is 29.8 Å². The highest BCUT2D eigenvalue weighted by Gasteiger charge is 2.07. The predicted octanol–water partition coefficient (Wildman–Crippen LogP) is 0.178. The number of hydrogen-bond donors (Lipinski definition) is 0. The van der Waals surface area contributed by atoms with Gasteiger partial charge in [0.1, 0.15) is 0 Å². The first-order valence-electron chi connectivity index (χ1n) is 3.85. The monoisotopic (exact) mass is 197 g/mol. The molecule has 0 saturated heterocycles. The van der Waals surface area contributed by atoms with Crippen molar-refractivity contribution in [2.75, 3.05) is 5.75 Å². The standard InChI is InChI=1S/C9H10O3S/c1-2-13(12)8-6-4-3-5-7(8)9(10)11/h3-6H,2H2,1H3,(H,10,11)/p-1/t13-/m1/s1. The van der Waals surface area contributed by atoms with Crippen molar-refractivity contribution in [3.63, 3.8) is 0 Å². The summed E-state index contributed by atoms with van der Waals surface area (Å²) in [6, 6.07) is 6.19. The molecule has 0 spiro atoms. The molecule has 1 rings (SSSR count). The molecule has 0 saturated carbocycles. The lowest BCUT2D eigenvalue weighted by Crippen LogP contribution is -2.24. The number of rotatable bonds is 3. The summed E-state index contributed by atoms with van der Waals surface area (Å²) in [7, 11) is -1.24. The van der Waals surface area contributed by atoms with Crippen LogP contribution in [0.4, 0.5) is 0 Å². The minimum absolute atomic E-state index is 0.0164. The number of benzene rings is 1. The lowest BCUT2D eigenvalue weighted by atomic mass is 10.2. The summed E-state index contributed by atoms with van der Waals surface area (Å²) in [5.41, 5.74) is 0.0164. The van der Waals surface area contributed by atoms with Gasteiger partial charge in [-0.05, 0) is 6.07 Å². The van der Waals surface area contributed by atoms with Gasteiger partial charge in [0, 0.05) is 16.2 Å². The number of carboxylic acids is 1. The van der Waals surface area contributed by atoms with Crippen molar-refractivity contribution < 1.29 is 14.1 Å². The molecule has 0 fully saturated rings. The van der Waals surface area contributed by atoms with Gasteiger partial charge in [0.25, 0.3) is 0 Å². The van der Waals surface area contributed by atoms with E-state index in [9.17, 15) is 14.1 Å². The van der Waals surface area contributed by atoms with Crippen molar-refractivity contribution in [2.24, 2.45) is 0 Å². The molecule has 0 radical (unpaired) electrons. The van der Waals surface area contributed by atoms with E-state index in [4.69, 9.17) is 0 Å². The summed E-state index contributed by atoms with van der Waals surface area (Å²) in [6.45, 7) is 1.74. The maximum Gasteiger partial charge on any atom is 0.0727 e. The van der Waals surface area contributed by atoms with Crippen LogP contribution in [0.15, 0.2) is 29.2 Å². The van der Waals surface area contributed by atoms with E-state index in [1.54, 1.807) is 25.1 Å². The van der Waals surface area contributed by atoms with E-state index in [0.717, 1.165) is 0 Å². The fraction of sp³-hybridized carbons (Fsp3) is 0.222. The molecule has 0 heterocycles. The number of carboxylic acid groups (broad SMARTS) is 1. The van der Waals surface area contributed by atoms with Crippen LogP contribution in [-0.4, -0.2) is 15.9 Å². The third kappa shape index (κ3) is 2.15. The van der Waals surface area contributed by atoms with Gasteiger partial charge >= 0.3 is 0 Å². The summed E-state index contributed by atoms with van der Waals surface area (Å²) in [5, 5.41) is 10.6. The summed E-state index contributed by atoms with van der Waals surface area (Å²) in [6.07, 6.45) is 0. The topological polar surface area (TPSA) is 57.2 Å². The van der Waals surface area contributed by atoms with Crippen molar-refractivity contribution in [1.29, 1.82) is 0 Å². The largest absolute Gasteiger partial charge is 0.545 e. The normalized spacial score (nSPS) is 12.4. The molecule has 1 aromatic rings. The summed E-state index contributed by atoms with van der Waals surface area (Å²) >= 11 is 0. The molecular formula is C9H9O3S-. The second kappa shape index (κ2) is 4.18. The predicted molar refractivity (Wildman–Crippen MR) is 47.7 cm³/mol. The van der Waals surface area contributed by atoms with Gasteiger partial charge in [0.2, 0.25) is 0 Å². The van der Waals surface area contributed by atoms with Crippen LogP contribution in [0.3, 0.4) is 0 Å². The Morgan fingerprint density at radius 2 is 2.08 bits per heavy atom. The Morgan fingerprint density at radius 1 is 1.46 bits per heavy atom. The summed E-state index contributed by atoms with van der Waals surface area (Å²) in [4.78, 5) is 10.9. The Bertz CT molecular complexity index is 346. The fourth-order valence-corrected chi connectivity index (χ4v) is 1.93. The summed E-state index contributed by atoms with van der Waals surface area (Å²) < 4.78 is 11.4. The van der Waals surface area contributed by atoms with E-state index in [-0.39, 0.29) is 5.56 Å². The molecule has 70 valence electrons. The lowest BCUT2D eigenvalue weighted by molar-refractivity contribution is -0.255. The molecule has 0 aliphatic carbocycles. The molecule has 1 atom stereocenters. The third-order valence-corrected chi connectivity index (χ3v) is 2.99. The summed E-state index contributed by atoms with van der Waals surface area (Å²) in [5.74, 6) is -0.873. The van der Waals surface area contributed by atoms with Crippen LogP contribution in [0.25, 0.3) is 0 Å². The quantitative estimate of drug-likeness (QED) is 0.694. The average Bonchev–Trinajstić information content (AvgIpc) is 2.16. The lowest BCUT2D eigenvalue weighted by Gasteiger charge is -2.07. The number of aromatic carboxylic acids is 1. The first kappa shape index (κ1) is 9.92. The molecule has 4 heteroatoms. The highest BCUT2D eigenvalue weighted by atomic mass is 32.2. The zero-order chi connectivity index (χ0) is 9.84. The van der Waals surface area contributed by atoms with Gasteiger partial charge in [0.15, 0.2) is 0 Å². The van der Waals surface area contributed by atoms with Crippen molar-refractivity contribution in [3.8, 4) is 0 Å². The molecule has 3 nitrogen and oxygen atoms in total. The van der Waals surface area contributed by atoms with Crippen molar-refractivity contribution >= 4 is 16.8 Å². The van der Waals surface area contributed by atoms with E-state index in [1.807, 2.05) is 0 Å². The van der Waals surface area contributed by atoms with Crippen molar-refractivity contribution in [1.82, 2.24) is 0 Å². The zero-order valence-electron chi connectivity index (χ0n) is 7.15. The number of carbonyl (C=O) groups is 1. The SMILES string of the molecule is CC[S@@](=O)c1ccccc1C(=O)[O-]. The van der Waals surface area contributed by atoms with Gasteiger partial charge in [-0.25, -0.2) is 0 Å². The van der Waals surface area contributed by atoms with E-state index in [2.05, 4.69) is 0 Å². The molecule has 0 bridgehead atoms. The first-order valence-corrected chi connectivity index (χ1v) is 5.17. The number of carbonyl (C=O) groups excluding carboxylic acids is 1. The molecule has 0 aliphatic rings. The van der Waals surface area contributed by atoms with Gasteiger partial charge in [-0.1, -0.05) is 25.1 Å². The van der Waals surface area contributed by atoms with Crippen LogP contribution < -0.4 is 5.11 Å². The van der Waals surface area contributed by atoms with Gasteiger partial charge in [-0.15, -0.1) is 0 Å². The number of hydrogen-bond acceptors (Lipinski definition) is 3. The highest BCUT2D eigenvalue weighted by molar-refractivity contribution is 7.85. The van der Waals surface area contributed by atoms with Gasteiger partial charge < -0.3 is 9.90 Å². The van der Waals surface area contributed by atoms with Gasteiger partial charge in [-0.3, -0.25) is 4.21 Å². The Morgan fingerprint density at radius 3 is 2.62 bits per heavy atom. The fourth-order valence-electron chi connectivity index (χ4n) is 0.989. The molecule has 0 unspecified atom stereocenters. The minimum atomic E-state index is -1.28. The van der Waals surface area contributed by atoms with Crippen LogP contribution >= 0.6 is 0 Å². The first-order chi connectivity index (χ1) is 6.16.